The van der Waals surface area contributed by atoms with E-state index < -0.39 is 0 Å². The van der Waals surface area contributed by atoms with Gasteiger partial charge in [-0.15, -0.1) is 0 Å². The van der Waals surface area contributed by atoms with Gasteiger partial charge in [0, 0.05) is 17.2 Å². The van der Waals surface area contributed by atoms with Gasteiger partial charge in [0.2, 0.25) is 0 Å². The first-order chi connectivity index (χ1) is 7.25. The van der Waals surface area contributed by atoms with Gasteiger partial charge in [0.1, 0.15) is 5.76 Å². The lowest BCUT2D eigenvalue weighted by atomic mass is 9.99. The second-order valence-corrected chi connectivity index (χ2v) is 4.28. The lowest BCUT2D eigenvalue weighted by Gasteiger charge is -2.10. The summed E-state index contributed by atoms with van der Waals surface area (Å²) in [6.45, 7) is 3.99. The van der Waals surface area contributed by atoms with Crippen LogP contribution in [-0.2, 0) is 0 Å². The highest BCUT2D eigenvalue weighted by Crippen LogP contribution is 2.38. The van der Waals surface area contributed by atoms with E-state index in [1.165, 1.54) is 11.3 Å². The van der Waals surface area contributed by atoms with Crippen LogP contribution in [0.3, 0.4) is 0 Å². The van der Waals surface area contributed by atoms with E-state index >= 15 is 0 Å². The zero-order chi connectivity index (χ0) is 10.4. The summed E-state index contributed by atoms with van der Waals surface area (Å²) in [5.41, 5.74) is 3.58. The third-order valence-electron chi connectivity index (χ3n) is 3.29. The third kappa shape index (κ3) is 1.23. The van der Waals surface area contributed by atoms with Crippen LogP contribution in [0.15, 0.2) is 28.4 Å². The SMILES string of the molecule is Cc1noc(C)c1C1CC2C=CC=C2N1. The fraction of sp³-hybridized carbons (Fsp3) is 0.417. The highest BCUT2D eigenvalue weighted by Gasteiger charge is 2.32. The first-order valence-corrected chi connectivity index (χ1v) is 5.33. The Hall–Kier alpha value is -1.51. The Labute approximate surface area is 88.8 Å². The maximum Gasteiger partial charge on any atom is 0.139 e. The number of nitrogens with zero attached hydrogens (tertiary/aromatic N) is 1. The Balaban J connectivity index is 1.92. The largest absolute Gasteiger partial charge is 0.381 e. The molecule has 1 aromatic heterocycles. The summed E-state index contributed by atoms with van der Waals surface area (Å²) in [7, 11) is 0. The second kappa shape index (κ2) is 2.99. The number of nitrogens with one attached hydrogen (secondary N) is 1. The standard InChI is InChI=1S/C12H14N2O/c1-7-12(8(2)15-14-7)11-6-9-4-3-5-10(9)13-11/h3-5,9,11,13H,6H2,1-2H3. The van der Waals surface area contributed by atoms with Crippen LogP contribution in [0.25, 0.3) is 0 Å². The smallest absolute Gasteiger partial charge is 0.139 e. The number of allylic oxidation sites excluding steroid dienone is 3. The average molecular weight is 202 g/mol. The Bertz CT molecular complexity index is 437. The average Bonchev–Trinajstić information content (AvgIpc) is 2.80. The van der Waals surface area contributed by atoms with E-state index in [0.717, 1.165) is 17.9 Å². The molecule has 0 aromatic carbocycles. The fourth-order valence-corrected chi connectivity index (χ4v) is 2.57. The van der Waals surface area contributed by atoms with Crippen molar-refractivity contribution in [1.82, 2.24) is 10.5 Å². The second-order valence-electron chi connectivity index (χ2n) is 4.28. The van der Waals surface area contributed by atoms with Gasteiger partial charge in [-0.2, -0.15) is 0 Å². The van der Waals surface area contributed by atoms with Gasteiger partial charge in [-0.1, -0.05) is 17.3 Å². The van der Waals surface area contributed by atoms with Crippen LogP contribution >= 0.6 is 0 Å². The molecule has 1 N–H and O–H groups in total. The highest BCUT2D eigenvalue weighted by atomic mass is 16.5. The molecule has 1 aliphatic heterocycles. The van der Waals surface area contributed by atoms with Crippen LogP contribution < -0.4 is 5.32 Å². The zero-order valence-electron chi connectivity index (χ0n) is 8.95. The lowest BCUT2D eigenvalue weighted by Crippen LogP contribution is -2.13. The predicted molar refractivity (Wildman–Crippen MR) is 57.2 cm³/mol. The van der Waals surface area contributed by atoms with Crippen molar-refractivity contribution in [2.45, 2.75) is 26.3 Å². The number of hydrogen-bond acceptors (Lipinski definition) is 3. The molecule has 1 aliphatic carbocycles. The molecular formula is C12H14N2O. The van der Waals surface area contributed by atoms with E-state index in [1.54, 1.807) is 0 Å². The topological polar surface area (TPSA) is 38.1 Å². The van der Waals surface area contributed by atoms with Crippen LogP contribution in [0.1, 0.15) is 29.5 Å². The Kier molecular flexibility index (Phi) is 1.75. The van der Waals surface area contributed by atoms with Crippen molar-refractivity contribution < 1.29 is 4.52 Å². The summed E-state index contributed by atoms with van der Waals surface area (Å²) in [6.07, 6.45) is 7.64. The summed E-state index contributed by atoms with van der Waals surface area (Å²) >= 11 is 0. The van der Waals surface area contributed by atoms with Crippen LogP contribution in [-0.4, -0.2) is 5.16 Å². The summed E-state index contributed by atoms with van der Waals surface area (Å²) < 4.78 is 5.20. The van der Waals surface area contributed by atoms with Crippen molar-refractivity contribution >= 4 is 0 Å². The molecular weight excluding hydrogens is 188 g/mol. The molecule has 1 aromatic rings. The number of rotatable bonds is 1. The number of hydrogen-bond donors (Lipinski definition) is 1. The summed E-state index contributed by atoms with van der Waals surface area (Å²) in [5, 5.41) is 7.54. The minimum Gasteiger partial charge on any atom is -0.381 e. The Morgan fingerprint density at radius 1 is 1.47 bits per heavy atom. The molecule has 2 aliphatic rings. The van der Waals surface area contributed by atoms with E-state index in [2.05, 4.69) is 28.7 Å². The van der Waals surface area contributed by atoms with Gasteiger partial charge in [-0.25, -0.2) is 0 Å². The molecule has 0 bridgehead atoms. The van der Waals surface area contributed by atoms with Crippen LogP contribution in [0.5, 0.6) is 0 Å². The maximum atomic E-state index is 5.20. The monoisotopic (exact) mass is 202 g/mol. The molecule has 15 heavy (non-hydrogen) atoms. The zero-order valence-corrected chi connectivity index (χ0v) is 8.95. The van der Waals surface area contributed by atoms with Crippen LogP contribution in [0.2, 0.25) is 0 Å². The molecule has 0 saturated carbocycles. The van der Waals surface area contributed by atoms with Crippen molar-refractivity contribution in [3.05, 3.63) is 40.9 Å². The van der Waals surface area contributed by atoms with E-state index in [1.807, 2.05) is 13.8 Å². The minimum absolute atomic E-state index is 0.373. The van der Waals surface area contributed by atoms with E-state index in [0.29, 0.717) is 12.0 Å². The molecule has 1 fully saturated rings. The molecule has 78 valence electrons. The number of aryl methyl sites for hydroxylation is 2. The van der Waals surface area contributed by atoms with Gasteiger partial charge in [0.15, 0.2) is 0 Å². The predicted octanol–water partition coefficient (Wildman–Crippen LogP) is 2.40. The Morgan fingerprint density at radius 3 is 3.00 bits per heavy atom. The van der Waals surface area contributed by atoms with Gasteiger partial charge in [-0.05, 0) is 26.3 Å². The van der Waals surface area contributed by atoms with Crippen LogP contribution in [0, 0.1) is 19.8 Å². The molecule has 0 spiro atoms. The quantitative estimate of drug-likeness (QED) is 0.759. The molecule has 1 saturated heterocycles. The fourth-order valence-electron chi connectivity index (χ4n) is 2.57. The normalized spacial score (nSPS) is 27.7. The van der Waals surface area contributed by atoms with Crippen LogP contribution in [0.4, 0.5) is 0 Å². The lowest BCUT2D eigenvalue weighted by molar-refractivity contribution is 0.391. The number of aromatic nitrogens is 1. The first kappa shape index (κ1) is 8.77. The highest BCUT2D eigenvalue weighted by molar-refractivity contribution is 5.35. The first-order valence-electron chi connectivity index (χ1n) is 5.33. The maximum absolute atomic E-state index is 5.20. The molecule has 0 radical (unpaired) electrons. The molecule has 2 atom stereocenters. The van der Waals surface area contributed by atoms with Gasteiger partial charge in [0.05, 0.1) is 11.7 Å². The van der Waals surface area contributed by atoms with Crippen molar-refractivity contribution in [3.8, 4) is 0 Å². The van der Waals surface area contributed by atoms with Crippen molar-refractivity contribution in [2.75, 3.05) is 0 Å². The van der Waals surface area contributed by atoms with Gasteiger partial charge >= 0.3 is 0 Å². The Morgan fingerprint density at radius 2 is 2.33 bits per heavy atom. The van der Waals surface area contributed by atoms with Gasteiger partial charge in [-0.3, -0.25) is 0 Å². The van der Waals surface area contributed by atoms with Gasteiger partial charge < -0.3 is 9.84 Å². The third-order valence-corrected chi connectivity index (χ3v) is 3.29. The van der Waals surface area contributed by atoms with E-state index in [9.17, 15) is 0 Å². The van der Waals surface area contributed by atoms with Crippen molar-refractivity contribution in [3.63, 3.8) is 0 Å². The number of fused-ring (bicyclic) bond motifs is 1. The molecule has 3 rings (SSSR count). The van der Waals surface area contributed by atoms with E-state index in [4.69, 9.17) is 4.52 Å². The summed E-state index contributed by atoms with van der Waals surface area (Å²) in [5.74, 6) is 1.51. The van der Waals surface area contributed by atoms with Gasteiger partial charge in [0.25, 0.3) is 0 Å². The molecule has 3 heteroatoms. The molecule has 3 nitrogen and oxygen atoms in total. The minimum atomic E-state index is 0.373. The molecule has 0 amide bonds. The summed E-state index contributed by atoms with van der Waals surface area (Å²) in [6, 6.07) is 0.373. The molecule has 2 heterocycles. The molecule has 2 unspecified atom stereocenters. The van der Waals surface area contributed by atoms with E-state index in [-0.39, 0.29) is 0 Å². The van der Waals surface area contributed by atoms with Crippen molar-refractivity contribution in [1.29, 1.82) is 0 Å². The van der Waals surface area contributed by atoms with Crippen molar-refractivity contribution in [2.24, 2.45) is 5.92 Å². The summed E-state index contributed by atoms with van der Waals surface area (Å²) in [4.78, 5) is 0.